The van der Waals surface area contributed by atoms with E-state index in [0.717, 1.165) is 5.52 Å². The van der Waals surface area contributed by atoms with Crippen LogP contribution < -0.4 is 10.5 Å². The molecule has 0 aliphatic carbocycles. The summed E-state index contributed by atoms with van der Waals surface area (Å²) >= 11 is 0. The van der Waals surface area contributed by atoms with E-state index < -0.39 is 0 Å². The van der Waals surface area contributed by atoms with E-state index in [1.807, 2.05) is 17.6 Å². The second-order valence-electron chi connectivity index (χ2n) is 3.82. The highest BCUT2D eigenvalue weighted by Gasteiger charge is 2.12. The lowest BCUT2D eigenvalue weighted by Gasteiger charge is -2.11. The van der Waals surface area contributed by atoms with Crippen molar-refractivity contribution in [2.24, 2.45) is 0 Å². The first-order valence-electron chi connectivity index (χ1n) is 5.35. The van der Waals surface area contributed by atoms with Crippen molar-refractivity contribution in [2.75, 3.05) is 20.0 Å². The highest BCUT2D eigenvalue weighted by Crippen LogP contribution is 2.19. The van der Waals surface area contributed by atoms with Crippen molar-refractivity contribution < 1.29 is 9.47 Å². The lowest BCUT2D eigenvalue weighted by atomic mass is 10.4. The summed E-state index contributed by atoms with van der Waals surface area (Å²) in [5.41, 5.74) is 7.33. The minimum atomic E-state index is 0.0442. The number of anilines is 1. The summed E-state index contributed by atoms with van der Waals surface area (Å²) in [7, 11) is 3.24. The number of methoxy groups -OCH3 is 2. The summed E-state index contributed by atoms with van der Waals surface area (Å²) in [6.07, 6.45) is 0.0442. The zero-order valence-corrected chi connectivity index (χ0v) is 10.2. The molecular formula is C11H16N4O2. The molecule has 6 heteroatoms. The van der Waals surface area contributed by atoms with Crippen molar-refractivity contribution in [3.63, 3.8) is 0 Å². The Balaban J connectivity index is 2.48. The number of hydrogen-bond acceptors (Lipinski definition) is 5. The van der Waals surface area contributed by atoms with Gasteiger partial charge in [0.15, 0.2) is 5.65 Å². The number of pyridine rings is 1. The lowest BCUT2D eigenvalue weighted by Crippen LogP contribution is -2.16. The average molecular weight is 236 g/mol. The van der Waals surface area contributed by atoms with Crippen LogP contribution in [0.1, 0.15) is 6.92 Å². The molecule has 2 aromatic heterocycles. The van der Waals surface area contributed by atoms with E-state index in [2.05, 4.69) is 9.97 Å². The van der Waals surface area contributed by atoms with E-state index in [-0.39, 0.29) is 6.10 Å². The van der Waals surface area contributed by atoms with Crippen molar-refractivity contribution in [1.82, 2.24) is 14.5 Å². The van der Waals surface area contributed by atoms with E-state index >= 15 is 0 Å². The molecule has 2 rings (SSSR count). The van der Waals surface area contributed by atoms with E-state index in [1.165, 1.54) is 0 Å². The van der Waals surface area contributed by atoms with Crippen LogP contribution in [0.15, 0.2) is 12.1 Å². The molecule has 6 nitrogen and oxygen atoms in total. The maximum absolute atomic E-state index is 5.86. The van der Waals surface area contributed by atoms with Crippen LogP contribution in [-0.2, 0) is 11.3 Å². The van der Waals surface area contributed by atoms with Crippen molar-refractivity contribution in [2.45, 2.75) is 19.6 Å². The SMILES string of the molecule is COc1ccc2nc(N)n(CC(C)OC)c2n1. The first kappa shape index (κ1) is 11.7. The maximum atomic E-state index is 5.86. The van der Waals surface area contributed by atoms with Gasteiger partial charge < -0.3 is 15.2 Å². The summed E-state index contributed by atoms with van der Waals surface area (Å²) in [4.78, 5) is 8.59. The molecule has 0 aromatic carbocycles. The number of rotatable bonds is 4. The summed E-state index contributed by atoms with van der Waals surface area (Å²) in [6, 6.07) is 3.60. The zero-order valence-electron chi connectivity index (χ0n) is 10.2. The first-order chi connectivity index (χ1) is 8.15. The Morgan fingerprint density at radius 2 is 2.12 bits per heavy atom. The van der Waals surface area contributed by atoms with Gasteiger partial charge in [0.2, 0.25) is 11.8 Å². The highest BCUT2D eigenvalue weighted by atomic mass is 16.5. The number of hydrogen-bond donors (Lipinski definition) is 1. The predicted octanol–water partition coefficient (Wildman–Crippen LogP) is 1.06. The van der Waals surface area contributed by atoms with Gasteiger partial charge in [0.05, 0.1) is 19.8 Å². The van der Waals surface area contributed by atoms with Crippen LogP contribution in [0.4, 0.5) is 5.95 Å². The fraction of sp³-hybridized carbons (Fsp3) is 0.455. The Hall–Kier alpha value is -1.82. The van der Waals surface area contributed by atoms with Crippen molar-refractivity contribution in [1.29, 1.82) is 0 Å². The van der Waals surface area contributed by atoms with Crippen molar-refractivity contribution in [3.8, 4) is 5.88 Å². The van der Waals surface area contributed by atoms with Crippen molar-refractivity contribution in [3.05, 3.63) is 12.1 Å². The summed E-state index contributed by atoms with van der Waals surface area (Å²) in [5, 5.41) is 0. The number of aromatic nitrogens is 3. The molecule has 0 amide bonds. The van der Waals surface area contributed by atoms with Crippen LogP contribution in [-0.4, -0.2) is 34.9 Å². The van der Waals surface area contributed by atoms with Crippen molar-refractivity contribution >= 4 is 17.1 Å². The molecule has 0 fully saturated rings. The molecule has 17 heavy (non-hydrogen) atoms. The van der Waals surface area contributed by atoms with Crippen LogP contribution in [0.2, 0.25) is 0 Å². The number of fused-ring (bicyclic) bond motifs is 1. The number of nitrogens with two attached hydrogens (primary N) is 1. The molecule has 0 saturated carbocycles. The third-order valence-corrected chi connectivity index (χ3v) is 2.65. The van der Waals surface area contributed by atoms with E-state index in [9.17, 15) is 0 Å². The minimum Gasteiger partial charge on any atom is -0.481 e. The zero-order chi connectivity index (χ0) is 12.4. The second-order valence-corrected chi connectivity index (χ2v) is 3.82. The Bertz CT molecular complexity index is 523. The molecule has 0 bridgehead atoms. The van der Waals surface area contributed by atoms with Crippen LogP contribution in [0.3, 0.4) is 0 Å². The number of ether oxygens (including phenoxy) is 2. The molecule has 2 aromatic rings. The third kappa shape index (κ3) is 2.16. The lowest BCUT2D eigenvalue weighted by molar-refractivity contribution is 0.104. The molecule has 2 N–H and O–H groups in total. The van der Waals surface area contributed by atoms with Gasteiger partial charge in [-0.3, -0.25) is 4.57 Å². The number of nitrogen functional groups attached to an aromatic ring is 1. The molecule has 0 spiro atoms. The van der Waals surface area contributed by atoms with Gasteiger partial charge in [0.25, 0.3) is 0 Å². The molecule has 92 valence electrons. The van der Waals surface area contributed by atoms with Gasteiger partial charge in [-0.25, -0.2) is 4.98 Å². The Labute approximate surface area is 99.4 Å². The fourth-order valence-corrected chi connectivity index (χ4v) is 1.63. The standard InChI is InChI=1S/C11H16N4O2/c1-7(16-2)6-15-10-8(13-11(15)12)4-5-9(14-10)17-3/h4-5,7H,6H2,1-3H3,(H2,12,13). The quantitative estimate of drug-likeness (QED) is 0.859. The molecule has 0 saturated heterocycles. The molecule has 1 unspecified atom stereocenters. The average Bonchev–Trinajstić information content (AvgIpc) is 2.65. The van der Waals surface area contributed by atoms with E-state index in [1.54, 1.807) is 20.3 Å². The number of imidazole rings is 1. The Morgan fingerprint density at radius 3 is 2.76 bits per heavy atom. The summed E-state index contributed by atoms with van der Waals surface area (Å²) < 4.78 is 12.1. The summed E-state index contributed by atoms with van der Waals surface area (Å²) in [5.74, 6) is 0.980. The molecule has 0 aliphatic rings. The Kier molecular flexibility index (Phi) is 3.14. The van der Waals surface area contributed by atoms with Crippen LogP contribution in [0, 0.1) is 0 Å². The molecule has 0 radical (unpaired) electrons. The number of nitrogens with zero attached hydrogens (tertiary/aromatic N) is 3. The highest BCUT2D eigenvalue weighted by molar-refractivity contribution is 5.74. The monoisotopic (exact) mass is 236 g/mol. The van der Waals surface area contributed by atoms with Crippen LogP contribution in [0.25, 0.3) is 11.2 Å². The topological polar surface area (TPSA) is 75.2 Å². The molecular weight excluding hydrogens is 220 g/mol. The molecule has 0 aliphatic heterocycles. The van der Waals surface area contributed by atoms with Gasteiger partial charge in [-0.2, -0.15) is 4.98 Å². The van der Waals surface area contributed by atoms with Gasteiger partial charge in [0, 0.05) is 13.2 Å². The van der Waals surface area contributed by atoms with Crippen LogP contribution >= 0.6 is 0 Å². The van der Waals surface area contributed by atoms with Crippen LogP contribution in [0.5, 0.6) is 5.88 Å². The third-order valence-electron chi connectivity index (χ3n) is 2.65. The smallest absolute Gasteiger partial charge is 0.215 e. The minimum absolute atomic E-state index is 0.0442. The fourth-order valence-electron chi connectivity index (χ4n) is 1.63. The molecule has 1 atom stereocenters. The predicted molar refractivity (Wildman–Crippen MR) is 65.0 cm³/mol. The maximum Gasteiger partial charge on any atom is 0.215 e. The first-order valence-corrected chi connectivity index (χ1v) is 5.35. The van der Waals surface area contributed by atoms with Gasteiger partial charge >= 0.3 is 0 Å². The van der Waals surface area contributed by atoms with Gasteiger partial charge in [-0.1, -0.05) is 0 Å². The Morgan fingerprint density at radius 1 is 1.35 bits per heavy atom. The van der Waals surface area contributed by atoms with Gasteiger partial charge in [-0.05, 0) is 13.0 Å². The molecule has 2 heterocycles. The largest absolute Gasteiger partial charge is 0.481 e. The second kappa shape index (κ2) is 4.58. The van der Waals surface area contributed by atoms with E-state index in [4.69, 9.17) is 15.2 Å². The van der Waals surface area contributed by atoms with Gasteiger partial charge in [-0.15, -0.1) is 0 Å². The summed E-state index contributed by atoms with van der Waals surface area (Å²) in [6.45, 7) is 2.57. The van der Waals surface area contributed by atoms with E-state index in [0.29, 0.717) is 24.0 Å². The van der Waals surface area contributed by atoms with Gasteiger partial charge in [0.1, 0.15) is 5.52 Å². The normalized spacial score (nSPS) is 12.9.